The molecule has 3 aromatic rings. The number of nitrogens with one attached hydrogen (secondary N) is 1. The Morgan fingerprint density at radius 1 is 1.12 bits per heavy atom. The topological polar surface area (TPSA) is 83.8 Å². The molecule has 0 aliphatic heterocycles. The Balaban J connectivity index is 1.73. The van der Waals surface area contributed by atoms with Crippen LogP contribution in [-0.2, 0) is 14.8 Å². The Bertz CT molecular complexity index is 1260. The zero-order valence-corrected chi connectivity index (χ0v) is 20.7. The molecular formula is C23H25BrN4O3S. The average Bonchev–Trinajstić information content (AvgIpc) is 2.99. The minimum Gasteiger partial charge on any atom is -0.318 e. The summed E-state index contributed by atoms with van der Waals surface area (Å²) in [7, 11) is -3.64. The second-order valence-electron chi connectivity index (χ2n) is 7.54. The maximum absolute atomic E-state index is 12.4. The van der Waals surface area contributed by atoms with E-state index in [1.165, 1.54) is 5.56 Å². The average molecular weight is 517 g/mol. The predicted octanol–water partition coefficient (Wildman–Crippen LogP) is 4.08. The molecule has 0 fully saturated rings. The van der Waals surface area contributed by atoms with E-state index in [-0.39, 0.29) is 6.54 Å². The summed E-state index contributed by atoms with van der Waals surface area (Å²) in [5.74, 6) is -0.540. The van der Waals surface area contributed by atoms with Crippen molar-refractivity contribution < 1.29 is 13.2 Å². The number of aromatic nitrogens is 1. The lowest BCUT2D eigenvalue weighted by molar-refractivity contribution is -0.119. The van der Waals surface area contributed by atoms with Crippen LogP contribution in [0.1, 0.15) is 22.5 Å². The number of carbonyl (C=O) groups excluding carboxylic acids is 1. The summed E-state index contributed by atoms with van der Waals surface area (Å²) in [4.78, 5) is 12.4. The van der Waals surface area contributed by atoms with Crippen LogP contribution in [0.15, 0.2) is 64.2 Å². The molecule has 0 aliphatic rings. The Morgan fingerprint density at radius 2 is 1.81 bits per heavy atom. The second kappa shape index (κ2) is 9.70. The van der Waals surface area contributed by atoms with Crippen LogP contribution in [0, 0.1) is 20.8 Å². The largest absolute Gasteiger partial charge is 0.318 e. The van der Waals surface area contributed by atoms with Crippen molar-refractivity contribution in [2.45, 2.75) is 20.8 Å². The van der Waals surface area contributed by atoms with Crippen molar-refractivity contribution in [1.82, 2.24) is 9.99 Å². The molecule has 0 spiro atoms. The summed E-state index contributed by atoms with van der Waals surface area (Å²) in [6.07, 6.45) is 2.63. The van der Waals surface area contributed by atoms with Gasteiger partial charge in [0.05, 0.1) is 18.2 Å². The van der Waals surface area contributed by atoms with Gasteiger partial charge >= 0.3 is 0 Å². The van der Waals surface area contributed by atoms with Crippen LogP contribution in [0.5, 0.6) is 0 Å². The summed E-state index contributed by atoms with van der Waals surface area (Å²) in [5.41, 5.74) is 7.93. The molecule has 9 heteroatoms. The number of hydrazone groups is 1. The minimum absolute atomic E-state index is 0.375. The smallest absolute Gasteiger partial charge is 0.260 e. The Morgan fingerprint density at radius 3 is 2.44 bits per heavy atom. The molecule has 2 aromatic carbocycles. The SMILES string of the molecule is Cc1cccc(-n2c(C)cc(/C=N\NC(=O)CN(c3ccc(Br)cc3)S(C)(=O)=O)c2C)c1. The van der Waals surface area contributed by atoms with Gasteiger partial charge in [0.1, 0.15) is 6.54 Å². The van der Waals surface area contributed by atoms with E-state index in [0.717, 1.165) is 37.7 Å². The van der Waals surface area contributed by atoms with Crippen molar-refractivity contribution in [1.29, 1.82) is 0 Å². The van der Waals surface area contributed by atoms with E-state index >= 15 is 0 Å². The normalized spacial score (nSPS) is 11.7. The number of rotatable bonds is 7. The van der Waals surface area contributed by atoms with Crippen LogP contribution in [-0.4, -0.2) is 37.9 Å². The van der Waals surface area contributed by atoms with Crippen LogP contribution in [0.4, 0.5) is 5.69 Å². The highest BCUT2D eigenvalue weighted by Crippen LogP contribution is 2.21. The summed E-state index contributed by atoms with van der Waals surface area (Å²) in [5, 5.41) is 4.04. The lowest BCUT2D eigenvalue weighted by Gasteiger charge is -2.21. The molecule has 0 saturated heterocycles. The highest BCUT2D eigenvalue weighted by Gasteiger charge is 2.20. The van der Waals surface area contributed by atoms with E-state index in [4.69, 9.17) is 0 Å². The van der Waals surface area contributed by atoms with Gasteiger partial charge in [0.25, 0.3) is 5.91 Å². The first-order valence-corrected chi connectivity index (χ1v) is 12.5. The fourth-order valence-corrected chi connectivity index (χ4v) is 4.55. The molecule has 168 valence electrons. The van der Waals surface area contributed by atoms with Gasteiger partial charge in [0.2, 0.25) is 10.0 Å². The maximum Gasteiger partial charge on any atom is 0.260 e. The monoisotopic (exact) mass is 516 g/mol. The van der Waals surface area contributed by atoms with E-state index in [0.29, 0.717) is 5.69 Å². The molecule has 0 aliphatic carbocycles. The number of carbonyl (C=O) groups is 1. The summed E-state index contributed by atoms with van der Waals surface area (Å²) < 4.78 is 28.3. The summed E-state index contributed by atoms with van der Waals surface area (Å²) in [6, 6.07) is 16.9. The molecule has 0 bridgehead atoms. The van der Waals surface area contributed by atoms with Gasteiger partial charge in [0.15, 0.2) is 0 Å². The highest BCUT2D eigenvalue weighted by molar-refractivity contribution is 9.10. The number of aryl methyl sites for hydroxylation is 2. The number of anilines is 1. The number of sulfonamides is 1. The van der Waals surface area contributed by atoms with Gasteiger partial charge < -0.3 is 4.57 Å². The Hall–Kier alpha value is -2.91. The third-order valence-electron chi connectivity index (χ3n) is 4.93. The molecule has 0 unspecified atom stereocenters. The van der Waals surface area contributed by atoms with Crippen molar-refractivity contribution in [3.8, 4) is 5.69 Å². The second-order valence-corrected chi connectivity index (χ2v) is 10.4. The first-order chi connectivity index (χ1) is 15.1. The van der Waals surface area contributed by atoms with E-state index < -0.39 is 15.9 Å². The van der Waals surface area contributed by atoms with Crippen molar-refractivity contribution in [2.75, 3.05) is 17.1 Å². The molecule has 1 aromatic heterocycles. The summed E-state index contributed by atoms with van der Waals surface area (Å²) >= 11 is 3.32. The zero-order valence-electron chi connectivity index (χ0n) is 18.3. The van der Waals surface area contributed by atoms with Crippen LogP contribution < -0.4 is 9.73 Å². The van der Waals surface area contributed by atoms with E-state index in [1.54, 1.807) is 30.5 Å². The molecular weight excluding hydrogens is 492 g/mol. The van der Waals surface area contributed by atoms with Gasteiger partial charge in [-0.1, -0.05) is 28.1 Å². The lowest BCUT2D eigenvalue weighted by Crippen LogP contribution is -2.39. The van der Waals surface area contributed by atoms with Gasteiger partial charge in [-0.3, -0.25) is 9.10 Å². The number of hydrogen-bond acceptors (Lipinski definition) is 4. The van der Waals surface area contributed by atoms with Gasteiger partial charge in [-0.15, -0.1) is 0 Å². The van der Waals surface area contributed by atoms with E-state index in [9.17, 15) is 13.2 Å². The van der Waals surface area contributed by atoms with E-state index in [1.807, 2.05) is 45.0 Å². The lowest BCUT2D eigenvalue weighted by atomic mass is 10.2. The molecule has 1 N–H and O–H groups in total. The molecule has 1 heterocycles. The van der Waals surface area contributed by atoms with Gasteiger partial charge in [-0.05, 0) is 68.8 Å². The first-order valence-electron chi connectivity index (χ1n) is 9.87. The number of benzene rings is 2. The standard InChI is InChI=1S/C23H25BrN4O3S/c1-16-6-5-7-22(12-16)28-17(2)13-19(18(28)3)14-25-26-23(29)15-27(32(4,30)31)21-10-8-20(24)9-11-21/h5-14H,15H2,1-4H3,(H,26,29)/b25-14-. The van der Waals surface area contributed by atoms with E-state index in [2.05, 4.69) is 37.1 Å². The molecule has 32 heavy (non-hydrogen) atoms. The maximum atomic E-state index is 12.4. The van der Waals surface area contributed by atoms with Gasteiger partial charge in [-0.2, -0.15) is 5.10 Å². The Labute approximate surface area is 196 Å². The predicted molar refractivity (Wildman–Crippen MR) is 132 cm³/mol. The van der Waals surface area contributed by atoms with Crippen molar-refractivity contribution in [2.24, 2.45) is 5.10 Å². The summed E-state index contributed by atoms with van der Waals surface area (Å²) in [6.45, 7) is 5.66. The molecule has 7 nitrogen and oxygen atoms in total. The van der Waals surface area contributed by atoms with Crippen molar-refractivity contribution in [3.63, 3.8) is 0 Å². The fraction of sp³-hybridized carbons (Fsp3) is 0.217. The number of nitrogens with zero attached hydrogens (tertiary/aromatic N) is 3. The number of hydrogen-bond donors (Lipinski definition) is 1. The van der Waals surface area contributed by atoms with Crippen LogP contribution in [0.2, 0.25) is 0 Å². The molecule has 3 rings (SSSR count). The van der Waals surface area contributed by atoms with Crippen LogP contribution in [0.25, 0.3) is 5.69 Å². The van der Waals surface area contributed by atoms with Gasteiger partial charge in [0, 0.05) is 27.1 Å². The third-order valence-corrected chi connectivity index (χ3v) is 6.59. The van der Waals surface area contributed by atoms with Crippen LogP contribution >= 0.6 is 15.9 Å². The quantitative estimate of drug-likeness (QED) is 0.379. The van der Waals surface area contributed by atoms with Crippen LogP contribution in [0.3, 0.4) is 0 Å². The minimum atomic E-state index is -3.64. The van der Waals surface area contributed by atoms with Gasteiger partial charge in [-0.25, -0.2) is 13.8 Å². The highest BCUT2D eigenvalue weighted by atomic mass is 79.9. The number of amides is 1. The number of halogens is 1. The molecule has 0 saturated carbocycles. The molecule has 0 radical (unpaired) electrons. The fourth-order valence-electron chi connectivity index (χ4n) is 3.43. The third kappa shape index (κ3) is 5.66. The zero-order chi connectivity index (χ0) is 23.5. The first kappa shape index (κ1) is 23.7. The molecule has 1 amide bonds. The van der Waals surface area contributed by atoms with Crippen molar-refractivity contribution in [3.05, 3.63) is 81.6 Å². The molecule has 0 atom stereocenters. The van der Waals surface area contributed by atoms with Crippen molar-refractivity contribution >= 4 is 43.8 Å². The Kier molecular flexibility index (Phi) is 7.20.